The number of carbonyl (C=O) groups excluding carboxylic acids is 1. The van der Waals surface area contributed by atoms with Gasteiger partial charge in [0.2, 0.25) is 11.8 Å². The predicted molar refractivity (Wildman–Crippen MR) is 101 cm³/mol. The molecule has 1 aliphatic heterocycles. The normalized spacial score (nSPS) is 21.5. The summed E-state index contributed by atoms with van der Waals surface area (Å²) in [6.45, 7) is 6.15. The van der Waals surface area contributed by atoms with Gasteiger partial charge < -0.3 is 14.1 Å². The van der Waals surface area contributed by atoms with E-state index in [0.717, 1.165) is 24.2 Å². The van der Waals surface area contributed by atoms with E-state index < -0.39 is 0 Å². The molecule has 1 aromatic carbocycles. The molecule has 0 unspecified atom stereocenters. The van der Waals surface area contributed by atoms with Gasteiger partial charge in [0, 0.05) is 17.6 Å². The van der Waals surface area contributed by atoms with E-state index >= 15 is 0 Å². The number of ether oxygens (including phenoxy) is 1. The average molecular weight is 375 g/mol. The molecule has 1 aromatic heterocycles. The van der Waals surface area contributed by atoms with Gasteiger partial charge in [-0.3, -0.25) is 4.79 Å². The Hall–Kier alpha value is -2.02. The number of aromatic nitrogens is 2. The van der Waals surface area contributed by atoms with Gasteiger partial charge in [-0.05, 0) is 64.3 Å². The smallest absolute Gasteiger partial charge is 0.277 e. The van der Waals surface area contributed by atoms with E-state index in [9.17, 15) is 4.79 Å². The van der Waals surface area contributed by atoms with E-state index in [1.165, 1.54) is 18.2 Å². The van der Waals surface area contributed by atoms with Gasteiger partial charge in [0.25, 0.3) is 5.22 Å². The number of rotatable bonds is 5. The SMILES string of the molecule is COc1ccc(-c2nnc(S[C@H](C)C(=O)N3[C@H](C)CCC[C@H]3C)o2)cc1. The van der Waals surface area contributed by atoms with Gasteiger partial charge >= 0.3 is 0 Å². The number of nitrogens with zero attached hydrogens (tertiary/aromatic N) is 3. The Labute approximate surface area is 158 Å². The predicted octanol–water partition coefficient (Wildman–Crippen LogP) is 4.02. The van der Waals surface area contributed by atoms with Crippen molar-refractivity contribution in [2.45, 2.75) is 62.6 Å². The minimum absolute atomic E-state index is 0.138. The fraction of sp³-hybridized carbons (Fsp3) is 0.526. The molecule has 2 aromatic rings. The molecule has 140 valence electrons. The van der Waals surface area contributed by atoms with E-state index in [1.54, 1.807) is 7.11 Å². The second-order valence-electron chi connectivity index (χ2n) is 6.74. The second-order valence-corrected chi connectivity index (χ2v) is 8.03. The first-order valence-electron chi connectivity index (χ1n) is 8.96. The molecule has 0 spiro atoms. The zero-order valence-electron chi connectivity index (χ0n) is 15.6. The zero-order chi connectivity index (χ0) is 18.7. The number of thioether (sulfide) groups is 1. The minimum Gasteiger partial charge on any atom is -0.497 e. The Kier molecular flexibility index (Phi) is 5.86. The van der Waals surface area contributed by atoms with Crippen molar-refractivity contribution in [3.63, 3.8) is 0 Å². The summed E-state index contributed by atoms with van der Waals surface area (Å²) in [7, 11) is 1.62. The molecule has 3 atom stereocenters. The van der Waals surface area contributed by atoms with Crippen LogP contribution in [0.2, 0.25) is 0 Å². The van der Waals surface area contributed by atoms with Crippen molar-refractivity contribution in [1.82, 2.24) is 15.1 Å². The molecule has 6 nitrogen and oxygen atoms in total. The van der Waals surface area contributed by atoms with E-state index in [0.29, 0.717) is 11.1 Å². The van der Waals surface area contributed by atoms with Crippen LogP contribution in [0.1, 0.15) is 40.0 Å². The lowest BCUT2D eigenvalue weighted by Crippen LogP contribution is -2.50. The highest BCUT2D eigenvalue weighted by Gasteiger charge is 2.32. The van der Waals surface area contributed by atoms with Crippen LogP contribution in [0.25, 0.3) is 11.5 Å². The number of hydrogen-bond donors (Lipinski definition) is 0. The molecule has 1 saturated heterocycles. The van der Waals surface area contributed by atoms with Gasteiger partial charge in [-0.2, -0.15) is 0 Å². The molecule has 3 rings (SSSR count). The van der Waals surface area contributed by atoms with Crippen molar-refractivity contribution in [3.05, 3.63) is 24.3 Å². The maximum atomic E-state index is 12.9. The molecular weight excluding hydrogens is 350 g/mol. The lowest BCUT2D eigenvalue weighted by Gasteiger charge is -2.40. The topological polar surface area (TPSA) is 68.5 Å². The monoisotopic (exact) mass is 375 g/mol. The van der Waals surface area contributed by atoms with Crippen LogP contribution in [0.3, 0.4) is 0 Å². The molecule has 26 heavy (non-hydrogen) atoms. The van der Waals surface area contributed by atoms with E-state index in [-0.39, 0.29) is 23.2 Å². The van der Waals surface area contributed by atoms with Gasteiger partial charge in [-0.25, -0.2) is 0 Å². The quantitative estimate of drug-likeness (QED) is 0.736. The van der Waals surface area contributed by atoms with Gasteiger partial charge in [0.05, 0.1) is 12.4 Å². The zero-order valence-corrected chi connectivity index (χ0v) is 16.5. The summed E-state index contributed by atoms with van der Waals surface area (Å²) in [5.74, 6) is 1.35. The number of piperidine rings is 1. The van der Waals surface area contributed by atoms with Crippen molar-refractivity contribution < 1.29 is 13.9 Å². The van der Waals surface area contributed by atoms with Gasteiger partial charge in [-0.15, -0.1) is 10.2 Å². The number of carbonyl (C=O) groups is 1. The maximum absolute atomic E-state index is 12.9. The van der Waals surface area contributed by atoms with Gasteiger partial charge in [-0.1, -0.05) is 11.8 Å². The van der Waals surface area contributed by atoms with Gasteiger partial charge in [0.15, 0.2) is 0 Å². The van der Waals surface area contributed by atoms with Crippen molar-refractivity contribution in [3.8, 4) is 17.2 Å². The van der Waals surface area contributed by atoms with Gasteiger partial charge in [0.1, 0.15) is 5.75 Å². The standard InChI is InChI=1S/C19H25N3O3S/c1-12-6-5-7-13(2)22(12)18(23)14(3)26-19-21-20-17(25-19)15-8-10-16(24-4)11-9-15/h8-14H,5-7H2,1-4H3/t12-,13-,14-/m1/s1. The lowest BCUT2D eigenvalue weighted by atomic mass is 9.97. The first-order valence-corrected chi connectivity index (χ1v) is 9.84. The van der Waals surface area contributed by atoms with Crippen LogP contribution >= 0.6 is 11.8 Å². The van der Waals surface area contributed by atoms with Crippen molar-refractivity contribution in [1.29, 1.82) is 0 Å². The Bertz CT molecular complexity index is 737. The Morgan fingerprint density at radius 1 is 1.23 bits per heavy atom. The minimum atomic E-state index is -0.262. The van der Waals surface area contributed by atoms with Crippen molar-refractivity contribution in [2.24, 2.45) is 0 Å². The number of likely N-dealkylation sites (tertiary alicyclic amines) is 1. The van der Waals surface area contributed by atoms with Crippen LogP contribution < -0.4 is 4.74 Å². The second kappa shape index (κ2) is 8.12. The molecule has 2 heterocycles. The first-order chi connectivity index (χ1) is 12.5. The summed E-state index contributed by atoms with van der Waals surface area (Å²) in [5.41, 5.74) is 0.822. The average Bonchev–Trinajstić information content (AvgIpc) is 3.10. The third-order valence-electron chi connectivity index (χ3n) is 4.82. The largest absolute Gasteiger partial charge is 0.497 e. The number of amides is 1. The Morgan fingerprint density at radius 2 is 1.88 bits per heavy atom. The maximum Gasteiger partial charge on any atom is 0.277 e. The lowest BCUT2D eigenvalue weighted by molar-refractivity contribution is -0.136. The van der Waals surface area contributed by atoms with Crippen LogP contribution in [0.5, 0.6) is 5.75 Å². The molecular formula is C19H25N3O3S. The molecule has 1 fully saturated rings. The summed E-state index contributed by atoms with van der Waals surface area (Å²) in [5, 5.41) is 8.33. The summed E-state index contributed by atoms with van der Waals surface area (Å²) in [4.78, 5) is 14.9. The van der Waals surface area contributed by atoms with Crippen LogP contribution in [-0.4, -0.2) is 45.4 Å². The molecule has 0 saturated carbocycles. The molecule has 0 aliphatic carbocycles. The first kappa shape index (κ1) is 18.8. The van der Waals surface area contributed by atoms with Crippen molar-refractivity contribution >= 4 is 17.7 Å². The summed E-state index contributed by atoms with van der Waals surface area (Å²) >= 11 is 1.32. The third-order valence-corrected chi connectivity index (χ3v) is 5.74. The van der Waals surface area contributed by atoms with E-state index in [1.807, 2.05) is 36.1 Å². The number of methoxy groups -OCH3 is 1. The number of benzene rings is 1. The molecule has 0 N–H and O–H groups in total. The third kappa shape index (κ3) is 4.03. The molecule has 0 bridgehead atoms. The Morgan fingerprint density at radius 3 is 2.50 bits per heavy atom. The summed E-state index contributed by atoms with van der Waals surface area (Å²) in [6.07, 6.45) is 3.31. The highest BCUT2D eigenvalue weighted by atomic mass is 32.2. The molecule has 0 radical (unpaired) electrons. The van der Waals surface area contributed by atoms with Crippen LogP contribution in [-0.2, 0) is 4.79 Å². The highest BCUT2D eigenvalue weighted by Crippen LogP contribution is 2.30. The molecule has 1 amide bonds. The fourth-order valence-electron chi connectivity index (χ4n) is 3.37. The van der Waals surface area contributed by atoms with Crippen LogP contribution in [0.15, 0.2) is 33.9 Å². The fourth-order valence-corrected chi connectivity index (χ4v) is 4.11. The summed E-state index contributed by atoms with van der Waals surface area (Å²) < 4.78 is 10.9. The summed E-state index contributed by atoms with van der Waals surface area (Å²) in [6, 6.07) is 7.99. The van der Waals surface area contributed by atoms with E-state index in [4.69, 9.17) is 9.15 Å². The van der Waals surface area contributed by atoms with Crippen LogP contribution in [0, 0.1) is 0 Å². The molecule has 1 aliphatic rings. The van der Waals surface area contributed by atoms with Crippen molar-refractivity contribution in [2.75, 3.05) is 7.11 Å². The molecule has 7 heteroatoms. The van der Waals surface area contributed by atoms with Crippen LogP contribution in [0.4, 0.5) is 0 Å². The Balaban J connectivity index is 1.67. The van der Waals surface area contributed by atoms with E-state index in [2.05, 4.69) is 24.0 Å². The number of hydrogen-bond acceptors (Lipinski definition) is 6. The highest BCUT2D eigenvalue weighted by molar-refractivity contribution is 8.00.